The molecule has 0 spiro atoms. The number of halogens is 3. The molecule has 118 valence electrons. The standard InChI is InChI=1S/C19H16Br3N/c1-13-12-16(22)6-11-19(13)23(17-7-2-14(20)3-8-17)18-9-4-15(21)5-10-18/h2-11,13H,12H2,1H3. The van der Waals surface area contributed by atoms with Gasteiger partial charge in [0.15, 0.2) is 0 Å². The van der Waals surface area contributed by atoms with Crippen molar-refractivity contribution >= 4 is 59.2 Å². The Bertz CT molecular complexity index is 700. The van der Waals surface area contributed by atoms with Gasteiger partial charge in [0.2, 0.25) is 0 Å². The van der Waals surface area contributed by atoms with Crippen LogP contribution in [0.3, 0.4) is 0 Å². The van der Waals surface area contributed by atoms with E-state index < -0.39 is 0 Å². The first kappa shape index (κ1) is 17.0. The molecular formula is C19H16Br3N. The minimum Gasteiger partial charge on any atom is -0.314 e. The summed E-state index contributed by atoms with van der Waals surface area (Å²) in [6.45, 7) is 2.27. The third-order valence-corrected chi connectivity index (χ3v) is 5.51. The molecule has 0 amide bonds. The number of hydrogen-bond donors (Lipinski definition) is 0. The summed E-state index contributed by atoms with van der Waals surface area (Å²) in [4.78, 5) is 2.33. The van der Waals surface area contributed by atoms with E-state index in [9.17, 15) is 0 Å². The van der Waals surface area contributed by atoms with E-state index in [4.69, 9.17) is 0 Å². The van der Waals surface area contributed by atoms with E-state index >= 15 is 0 Å². The van der Waals surface area contributed by atoms with E-state index in [1.807, 2.05) is 0 Å². The maximum absolute atomic E-state index is 3.62. The lowest BCUT2D eigenvalue weighted by Gasteiger charge is -2.33. The fraction of sp³-hybridized carbons (Fsp3) is 0.158. The normalized spacial score (nSPS) is 17.5. The van der Waals surface area contributed by atoms with Crippen LogP contribution < -0.4 is 4.90 Å². The zero-order valence-electron chi connectivity index (χ0n) is 12.6. The molecule has 0 fully saturated rings. The maximum Gasteiger partial charge on any atom is 0.0459 e. The lowest BCUT2D eigenvalue weighted by Crippen LogP contribution is -2.22. The van der Waals surface area contributed by atoms with Crippen LogP contribution in [0.25, 0.3) is 0 Å². The Kier molecular flexibility index (Phi) is 5.45. The Balaban J connectivity index is 2.10. The Hall–Kier alpha value is -0.840. The zero-order chi connectivity index (χ0) is 16.4. The average molecular weight is 498 g/mol. The molecule has 0 radical (unpaired) electrons. The molecule has 0 aliphatic heterocycles. The van der Waals surface area contributed by atoms with E-state index in [1.165, 1.54) is 21.6 Å². The lowest BCUT2D eigenvalue weighted by atomic mass is 9.96. The van der Waals surface area contributed by atoms with Gasteiger partial charge in [-0.3, -0.25) is 0 Å². The number of rotatable bonds is 3. The molecule has 2 aromatic rings. The zero-order valence-corrected chi connectivity index (χ0v) is 17.4. The van der Waals surface area contributed by atoms with Gasteiger partial charge in [-0.1, -0.05) is 60.8 Å². The van der Waals surface area contributed by atoms with Crippen LogP contribution in [0, 0.1) is 5.92 Å². The second-order valence-corrected chi connectivity index (χ2v) is 8.45. The first-order valence-corrected chi connectivity index (χ1v) is 9.80. The van der Waals surface area contributed by atoms with E-state index in [-0.39, 0.29) is 0 Å². The quantitative estimate of drug-likeness (QED) is 0.423. The summed E-state index contributed by atoms with van der Waals surface area (Å²) in [5, 5.41) is 0. The molecule has 0 aromatic heterocycles. The van der Waals surface area contributed by atoms with Crippen LogP contribution in [-0.2, 0) is 0 Å². The first-order valence-electron chi connectivity index (χ1n) is 7.42. The third-order valence-electron chi connectivity index (χ3n) is 3.87. The van der Waals surface area contributed by atoms with Crippen LogP contribution in [0.1, 0.15) is 13.3 Å². The smallest absolute Gasteiger partial charge is 0.0459 e. The largest absolute Gasteiger partial charge is 0.314 e. The molecule has 23 heavy (non-hydrogen) atoms. The molecule has 0 N–H and O–H groups in total. The van der Waals surface area contributed by atoms with E-state index in [0.717, 1.165) is 15.4 Å². The maximum atomic E-state index is 3.62. The fourth-order valence-electron chi connectivity index (χ4n) is 2.73. The molecule has 4 heteroatoms. The lowest BCUT2D eigenvalue weighted by molar-refractivity contribution is 0.666. The number of anilines is 2. The van der Waals surface area contributed by atoms with Crippen molar-refractivity contribution in [2.75, 3.05) is 4.90 Å². The predicted octanol–water partition coefficient (Wildman–Crippen LogP) is 7.55. The van der Waals surface area contributed by atoms with Gasteiger partial charge in [-0.25, -0.2) is 0 Å². The molecule has 1 aliphatic rings. The van der Waals surface area contributed by atoms with Crippen LogP contribution >= 0.6 is 47.8 Å². The number of benzene rings is 2. The fourth-order valence-corrected chi connectivity index (χ4v) is 3.87. The van der Waals surface area contributed by atoms with Gasteiger partial charge < -0.3 is 4.90 Å². The number of allylic oxidation sites excluding steroid dienone is 4. The highest BCUT2D eigenvalue weighted by Crippen LogP contribution is 2.38. The van der Waals surface area contributed by atoms with Gasteiger partial charge in [0.25, 0.3) is 0 Å². The number of nitrogens with zero attached hydrogens (tertiary/aromatic N) is 1. The molecule has 1 atom stereocenters. The van der Waals surface area contributed by atoms with Gasteiger partial charge in [-0.2, -0.15) is 0 Å². The Morgan fingerprint density at radius 3 is 1.70 bits per heavy atom. The first-order chi connectivity index (χ1) is 11.0. The number of hydrogen-bond acceptors (Lipinski definition) is 1. The topological polar surface area (TPSA) is 3.24 Å². The predicted molar refractivity (Wildman–Crippen MR) is 109 cm³/mol. The van der Waals surface area contributed by atoms with Gasteiger partial charge in [0.1, 0.15) is 0 Å². The third kappa shape index (κ3) is 3.98. The van der Waals surface area contributed by atoms with Crippen LogP contribution in [0.15, 0.2) is 79.8 Å². The summed E-state index contributed by atoms with van der Waals surface area (Å²) in [6.07, 6.45) is 5.39. The molecule has 3 rings (SSSR count). The highest BCUT2D eigenvalue weighted by atomic mass is 79.9. The Morgan fingerprint density at radius 1 is 0.783 bits per heavy atom. The van der Waals surface area contributed by atoms with Crippen molar-refractivity contribution in [3.63, 3.8) is 0 Å². The molecule has 2 aromatic carbocycles. The van der Waals surface area contributed by atoms with Gasteiger partial charge in [0.05, 0.1) is 0 Å². The van der Waals surface area contributed by atoms with Crippen molar-refractivity contribution in [2.24, 2.45) is 5.92 Å². The summed E-state index contributed by atoms with van der Waals surface area (Å²) in [6, 6.07) is 16.9. The van der Waals surface area contributed by atoms with Crippen molar-refractivity contribution in [1.29, 1.82) is 0 Å². The van der Waals surface area contributed by atoms with Crippen molar-refractivity contribution in [2.45, 2.75) is 13.3 Å². The highest BCUT2D eigenvalue weighted by Gasteiger charge is 2.22. The van der Waals surface area contributed by atoms with Crippen LogP contribution in [-0.4, -0.2) is 0 Å². The highest BCUT2D eigenvalue weighted by molar-refractivity contribution is 9.11. The van der Waals surface area contributed by atoms with E-state index in [2.05, 4.69) is 120 Å². The van der Waals surface area contributed by atoms with E-state index in [1.54, 1.807) is 0 Å². The average Bonchev–Trinajstić information content (AvgIpc) is 2.53. The molecule has 1 nitrogen and oxygen atoms in total. The van der Waals surface area contributed by atoms with Crippen LogP contribution in [0.2, 0.25) is 0 Å². The second kappa shape index (κ2) is 7.37. The Morgan fingerprint density at radius 2 is 1.26 bits per heavy atom. The van der Waals surface area contributed by atoms with Crippen molar-refractivity contribution in [3.05, 3.63) is 79.8 Å². The minimum absolute atomic E-state index is 0.446. The van der Waals surface area contributed by atoms with Crippen molar-refractivity contribution in [3.8, 4) is 0 Å². The van der Waals surface area contributed by atoms with Gasteiger partial charge in [0, 0.05) is 31.9 Å². The second-order valence-electron chi connectivity index (χ2n) is 5.60. The van der Waals surface area contributed by atoms with Crippen LogP contribution in [0.4, 0.5) is 11.4 Å². The van der Waals surface area contributed by atoms with Crippen molar-refractivity contribution in [1.82, 2.24) is 0 Å². The van der Waals surface area contributed by atoms with Crippen LogP contribution in [0.5, 0.6) is 0 Å². The molecule has 0 saturated carbocycles. The Labute approximate surface area is 162 Å². The van der Waals surface area contributed by atoms with Gasteiger partial charge in [-0.05, 0) is 65.5 Å². The van der Waals surface area contributed by atoms with Crippen molar-refractivity contribution < 1.29 is 0 Å². The molecule has 0 bridgehead atoms. The summed E-state index contributed by atoms with van der Waals surface area (Å²) < 4.78 is 3.43. The molecular weight excluding hydrogens is 482 g/mol. The molecule has 0 heterocycles. The van der Waals surface area contributed by atoms with Gasteiger partial charge in [-0.15, -0.1) is 0 Å². The SMILES string of the molecule is CC1CC(Br)=CC=C1N(c1ccc(Br)cc1)c1ccc(Br)cc1. The summed E-state index contributed by atoms with van der Waals surface area (Å²) in [7, 11) is 0. The monoisotopic (exact) mass is 495 g/mol. The molecule has 0 saturated heterocycles. The minimum atomic E-state index is 0.446. The molecule has 1 aliphatic carbocycles. The van der Waals surface area contributed by atoms with Gasteiger partial charge >= 0.3 is 0 Å². The van der Waals surface area contributed by atoms with E-state index in [0.29, 0.717) is 5.92 Å². The summed E-state index contributed by atoms with van der Waals surface area (Å²) in [5.74, 6) is 0.446. The summed E-state index contributed by atoms with van der Waals surface area (Å²) >= 11 is 10.7. The molecule has 1 unspecified atom stereocenters. The summed E-state index contributed by atoms with van der Waals surface area (Å²) in [5.41, 5.74) is 3.64.